The number of esters is 1. The number of benzene rings is 1. The largest absolute Gasteiger partial charge is 0.462 e. The van der Waals surface area contributed by atoms with Crippen molar-refractivity contribution in [2.24, 2.45) is 0 Å². The zero-order chi connectivity index (χ0) is 20.6. The van der Waals surface area contributed by atoms with Crippen LogP contribution < -0.4 is 5.73 Å². The molecule has 9 heteroatoms. The molecule has 1 aromatic carbocycles. The van der Waals surface area contributed by atoms with Crippen LogP contribution in [0.5, 0.6) is 0 Å². The number of nitrogen functional groups attached to an aromatic ring is 1. The van der Waals surface area contributed by atoms with Gasteiger partial charge in [0.2, 0.25) is 0 Å². The maximum Gasteiger partial charge on any atom is 0.310 e. The summed E-state index contributed by atoms with van der Waals surface area (Å²) in [5.41, 5.74) is 6.47. The van der Waals surface area contributed by atoms with Crippen molar-refractivity contribution in [1.82, 2.24) is 14.6 Å². The highest BCUT2D eigenvalue weighted by Crippen LogP contribution is 2.40. The molecule has 0 bridgehead atoms. The SMILES string of the molecule is C[C@]1(COC(=O)Cc2ccccc2)O[C@@H](c2ccc3c(N)ncnn23)[C@H](O)[C@@H]1O. The number of anilines is 1. The van der Waals surface area contributed by atoms with Gasteiger partial charge in [-0.3, -0.25) is 4.79 Å². The number of rotatable bonds is 5. The van der Waals surface area contributed by atoms with E-state index in [4.69, 9.17) is 15.2 Å². The van der Waals surface area contributed by atoms with Gasteiger partial charge in [-0.1, -0.05) is 30.3 Å². The van der Waals surface area contributed by atoms with E-state index in [0.717, 1.165) is 5.56 Å². The molecule has 1 aliphatic heterocycles. The summed E-state index contributed by atoms with van der Waals surface area (Å²) < 4.78 is 12.8. The van der Waals surface area contributed by atoms with E-state index in [-0.39, 0.29) is 18.8 Å². The Kier molecular flexibility index (Phi) is 4.95. The third-order valence-corrected chi connectivity index (χ3v) is 5.17. The molecule has 4 rings (SSSR count). The minimum Gasteiger partial charge on any atom is -0.462 e. The Labute approximate surface area is 166 Å². The second-order valence-electron chi connectivity index (χ2n) is 7.31. The highest BCUT2D eigenvalue weighted by atomic mass is 16.6. The van der Waals surface area contributed by atoms with Crippen molar-refractivity contribution in [2.75, 3.05) is 12.3 Å². The summed E-state index contributed by atoms with van der Waals surface area (Å²) in [5.74, 6) is -0.156. The van der Waals surface area contributed by atoms with E-state index < -0.39 is 29.9 Å². The first-order valence-electron chi connectivity index (χ1n) is 9.21. The van der Waals surface area contributed by atoms with E-state index >= 15 is 0 Å². The number of hydrogen-bond acceptors (Lipinski definition) is 8. The van der Waals surface area contributed by atoms with Gasteiger partial charge in [-0.05, 0) is 24.6 Å². The number of nitrogens with two attached hydrogens (primary N) is 1. The van der Waals surface area contributed by atoms with Crippen LogP contribution in [-0.4, -0.2) is 55.2 Å². The van der Waals surface area contributed by atoms with Crippen LogP contribution in [0.15, 0.2) is 48.8 Å². The van der Waals surface area contributed by atoms with Crippen LogP contribution in [0.25, 0.3) is 5.52 Å². The van der Waals surface area contributed by atoms with Crippen LogP contribution in [-0.2, 0) is 20.7 Å². The van der Waals surface area contributed by atoms with Crippen molar-refractivity contribution in [3.63, 3.8) is 0 Å². The second-order valence-corrected chi connectivity index (χ2v) is 7.31. The van der Waals surface area contributed by atoms with Crippen LogP contribution in [0.1, 0.15) is 24.3 Å². The Balaban J connectivity index is 1.48. The number of nitrogens with zero attached hydrogens (tertiary/aromatic N) is 3. The Morgan fingerprint density at radius 1 is 1.28 bits per heavy atom. The fraction of sp³-hybridized carbons (Fsp3) is 0.350. The predicted molar refractivity (Wildman–Crippen MR) is 103 cm³/mol. The summed E-state index contributed by atoms with van der Waals surface area (Å²) in [5, 5.41) is 25.3. The summed E-state index contributed by atoms with van der Waals surface area (Å²) >= 11 is 0. The average molecular weight is 398 g/mol. The lowest BCUT2D eigenvalue weighted by Crippen LogP contribution is -2.44. The Morgan fingerprint density at radius 3 is 2.79 bits per heavy atom. The molecular formula is C20H22N4O5. The highest BCUT2D eigenvalue weighted by Gasteiger charge is 2.53. The van der Waals surface area contributed by atoms with E-state index in [9.17, 15) is 15.0 Å². The van der Waals surface area contributed by atoms with Gasteiger partial charge in [-0.25, -0.2) is 9.50 Å². The van der Waals surface area contributed by atoms with Gasteiger partial charge in [0.05, 0.1) is 12.1 Å². The van der Waals surface area contributed by atoms with Gasteiger partial charge >= 0.3 is 5.97 Å². The molecule has 0 amide bonds. The second kappa shape index (κ2) is 7.43. The number of ether oxygens (including phenoxy) is 2. The molecule has 9 nitrogen and oxygen atoms in total. The van der Waals surface area contributed by atoms with Crippen LogP contribution in [0.2, 0.25) is 0 Å². The highest BCUT2D eigenvalue weighted by molar-refractivity contribution is 5.72. The summed E-state index contributed by atoms with van der Waals surface area (Å²) in [6.07, 6.45) is -1.96. The van der Waals surface area contributed by atoms with Crippen LogP contribution in [0.4, 0.5) is 5.82 Å². The van der Waals surface area contributed by atoms with E-state index in [1.54, 1.807) is 19.1 Å². The van der Waals surface area contributed by atoms with Gasteiger partial charge in [-0.15, -0.1) is 0 Å². The summed E-state index contributed by atoms with van der Waals surface area (Å²) in [6, 6.07) is 12.6. The van der Waals surface area contributed by atoms with Crippen molar-refractivity contribution in [2.45, 2.75) is 37.3 Å². The number of hydrogen-bond donors (Lipinski definition) is 3. The van der Waals surface area contributed by atoms with Crippen LogP contribution in [0, 0.1) is 0 Å². The third-order valence-electron chi connectivity index (χ3n) is 5.17. The van der Waals surface area contributed by atoms with Gasteiger partial charge < -0.3 is 25.4 Å². The molecule has 0 radical (unpaired) electrons. The molecule has 29 heavy (non-hydrogen) atoms. The molecule has 1 aliphatic rings. The first-order chi connectivity index (χ1) is 13.9. The number of carbonyl (C=O) groups excluding carboxylic acids is 1. The quantitative estimate of drug-likeness (QED) is 0.534. The van der Waals surface area contributed by atoms with E-state index in [1.165, 1.54) is 10.8 Å². The fourth-order valence-electron chi connectivity index (χ4n) is 3.54. The monoisotopic (exact) mass is 398 g/mol. The minimum absolute atomic E-state index is 0.110. The molecule has 1 saturated heterocycles. The molecular weight excluding hydrogens is 376 g/mol. The lowest BCUT2D eigenvalue weighted by molar-refractivity contribution is -0.158. The molecule has 3 aromatic rings. The molecule has 0 saturated carbocycles. The normalized spacial score (nSPS) is 26.7. The van der Waals surface area contributed by atoms with Gasteiger partial charge in [0.15, 0.2) is 5.82 Å². The molecule has 2 aromatic heterocycles. The Bertz CT molecular complexity index is 1020. The maximum atomic E-state index is 12.2. The minimum atomic E-state index is -1.28. The summed E-state index contributed by atoms with van der Waals surface area (Å²) in [4.78, 5) is 16.1. The maximum absolute atomic E-state index is 12.2. The van der Waals surface area contributed by atoms with Crippen LogP contribution in [0.3, 0.4) is 0 Å². The number of fused-ring (bicyclic) bond motifs is 1. The van der Waals surface area contributed by atoms with E-state index in [2.05, 4.69) is 10.1 Å². The molecule has 0 unspecified atom stereocenters. The number of aliphatic hydroxyl groups is 2. The number of aliphatic hydroxyl groups excluding tert-OH is 2. The summed E-state index contributed by atoms with van der Waals surface area (Å²) in [7, 11) is 0. The smallest absolute Gasteiger partial charge is 0.310 e. The zero-order valence-electron chi connectivity index (χ0n) is 15.8. The lowest BCUT2D eigenvalue weighted by Gasteiger charge is -2.27. The summed E-state index contributed by atoms with van der Waals surface area (Å²) in [6.45, 7) is 1.39. The predicted octanol–water partition coefficient (Wildman–Crippen LogP) is 0.649. The first-order valence-corrected chi connectivity index (χ1v) is 9.21. The van der Waals surface area contributed by atoms with Gasteiger partial charge in [0.1, 0.15) is 42.4 Å². The molecule has 4 atom stereocenters. The molecule has 0 aliphatic carbocycles. The topological polar surface area (TPSA) is 132 Å². The lowest BCUT2D eigenvalue weighted by atomic mass is 9.97. The molecule has 3 heterocycles. The van der Waals surface area contributed by atoms with Crippen molar-refractivity contribution in [1.29, 1.82) is 0 Å². The van der Waals surface area contributed by atoms with Gasteiger partial charge in [0.25, 0.3) is 0 Å². The zero-order valence-corrected chi connectivity index (χ0v) is 15.8. The van der Waals surface area contributed by atoms with Crippen molar-refractivity contribution in [3.05, 3.63) is 60.0 Å². The molecule has 1 fully saturated rings. The average Bonchev–Trinajstić information content (AvgIpc) is 3.24. The van der Waals surface area contributed by atoms with Gasteiger partial charge in [-0.2, -0.15) is 5.10 Å². The molecule has 4 N–H and O–H groups in total. The van der Waals surface area contributed by atoms with Gasteiger partial charge in [0, 0.05) is 0 Å². The van der Waals surface area contributed by atoms with E-state index in [1.807, 2.05) is 30.3 Å². The van der Waals surface area contributed by atoms with Crippen LogP contribution >= 0.6 is 0 Å². The molecule has 0 spiro atoms. The van der Waals surface area contributed by atoms with Crippen molar-refractivity contribution >= 4 is 17.3 Å². The number of aromatic nitrogens is 3. The fourth-order valence-corrected chi connectivity index (χ4v) is 3.54. The van der Waals surface area contributed by atoms with Crippen molar-refractivity contribution in [3.8, 4) is 0 Å². The molecule has 152 valence electrons. The Hall–Kier alpha value is -3.01. The third kappa shape index (κ3) is 3.55. The standard InChI is InChI=1S/C20H22N4O5/c1-20(10-28-15(25)9-12-5-3-2-4-6-12)18(27)16(26)17(29-20)13-7-8-14-19(21)22-11-23-24(13)14/h2-8,11,16-18,26-27H,9-10H2,1H3,(H2,21,22,23)/t16-,17-,18-,20+/m0/s1. The Morgan fingerprint density at radius 2 is 2.03 bits per heavy atom. The first kappa shape index (κ1) is 19.3. The van der Waals surface area contributed by atoms with Crippen molar-refractivity contribution < 1.29 is 24.5 Å². The van der Waals surface area contributed by atoms with E-state index in [0.29, 0.717) is 11.2 Å². The number of carbonyl (C=O) groups is 1.